The van der Waals surface area contributed by atoms with Gasteiger partial charge in [0, 0.05) is 18.3 Å². The Morgan fingerprint density at radius 3 is 2.50 bits per heavy atom. The summed E-state index contributed by atoms with van der Waals surface area (Å²) >= 11 is 0. The minimum absolute atomic E-state index is 0.0753. The number of nitrogens with one attached hydrogen (secondary N) is 2. The van der Waals surface area contributed by atoms with Gasteiger partial charge in [-0.15, -0.1) is 0 Å². The third kappa shape index (κ3) is 4.74. The zero-order valence-electron chi connectivity index (χ0n) is 18.0. The minimum atomic E-state index is -3.88. The zero-order chi connectivity index (χ0) is 23.3. The molecule has 0 bridgehead atoms. The molecule has 0 radical (unpaired) electrons. The van der Waals surface area contributed by atoms with E-state index in [0.29, 0.717) is 17.0 Å². The molecule has 0 spiro atoms. The molecule has 8 nitrogen and oxygen atoms in total. The lowest BCUT2D eigenvalue weighted by Gasteiger charge is -2.17. The van der Waals surface area contributed by atoms with Crippen LogP contribution >= 0.6 is 0 Å². The van der Waals surface area contributed by atoms with Gasteiger partial charge < -0.3 is 10.1 Å². The number of anilines is 1. The standard InChI is InChI=1S/C23H25N3O5S/c1-4-16-12-15(2)21(20(13-16)22(27)26-28)25-14-17-6-5-11-24-23(17)32(29,30)19-9-7-18(31-3)8-10-19/h5-13,25,28H,4,14H2,1-3H3,(H,26,27). The molecule has 0 saturated carbocycles. The molecule has 1 heterocycles. The second-order valence-electron chi connectivity index (χ2n) is 7.13. The summed E-state index contributed by atoms with van der Waals surface area (Å²) in [5.74, 6) is -0.101. The number of pyridine rings is 1. The first-order valence-electron chi connectivity index (χ1n) is 9.96. The van der Waals surface area contributed by atoms with E-state index in [-0.39, 0.29) is 22.0 Å². The van der Waals surface area contributed by atoms with Crippen LogP contribution in [0.25, 0.3) is 0 Å². The van der Waals surface area contributed by atoms with Gasteiger partial charge >= 0.3 is 0 Å². The first-order chi connectivity index (χ1) is 15.3. The molecule has 9 heteroatoms. The lowest BCUT2D eigenvalue weighted by molar-refractivity contribution is 0.0707. The normalized spacial score (nSPS) is 11.1. The predicted octanol–water partition coefficient (Wildman–Crippen LogP) is 3.52. The van der Waals surface area contributed by atoms with Gasteiger partial charge in [0.2, 0.25) is 9.84 Å². The molecule has 0 atom stereocenters. The van der Waals surface area contributed by atoms with E-state index >= 15 is 0 Å². The fourth-order valence-corrected chi connectivity index (χ4v) is 4.79. The van der Waals surface area contributed by atoms with Crippen molar-refractivity contribution in [3.63, 3.8) is 0 Å². The number of aromatic nitrogens is 1. The lowest BCUT2D eigenvalue weighted by atomic mass is 10.0. The van der Waals surface area contributed by atoms with Crippen LogP contribution in [0, 0.1) is 6.92 Å². The number of nitrogens with zero attached hydrogens (tertiary/aromatic N) is 1. The molecule has 0 aliphatic rings. The van der Waals surface area contributed by atoms with Crippen LogP contribution in [0.2, 0.25) is 0 Å². The number of aryl methyl sites for hydroxylation is 2. The van der Waals surface area contributed by atoms with Crippen LogP contribution in [0.4, 0.5) is 5.69 Å². The van der Waals surface area contributed by atoms with E-state index < -0.39 is 15.7 Å². The molecular formula is C23H25N3O5S. The minimum Gasteiger partial charge on any atom is -0.497 e. The summed E-state index contributed by atoms with van der Waals surface area (Å²) < 4.78 is 31.5. The highest BCUT2D eigenvalue weighted by molar-refractivity contribution is 7.91. The van der Waals surface area contributed by atoms with Crippen LogP contribution in [0.15, 0.2) is 64.6 Å². The first kappa shape index (κ1) is 23.2. The molecule has 0 fully saturated rings. The van der Waals surface area contributed by atoms with Crippen LogP contribution in [0.1, 0.15) is 34.0 Å². The van der Waals surface area contributed by atoms with Crippen molar-refractivity contribution < 1.29 is 23.2 Å². The summed E-state index contributed by atoms with van der Waals surface area (Å²) in [6.07, 6.45) is 2.14. The Balaban J connectivity index is 1.97. The molecule has 3 rings (SSSR count). The first-order valence-corrected chi connectivity index (χ1v) is 11.4. The number of carbonyl (C=O) groups excluding carboxylic acids is 1. The van der Waals surface area contributed by atoms with E-state index in [1.54, 1.807) is 35.8 Å². The lowest BCUT2D eigenvalue weighted by Crippen LogP contribution is -2.21. The number of sulfone groups is 1. The second kappa shape index (κ2) is 9.80. The molecule has 168 valence electrons. The van der Waals surface area contributed by atoms with E-state index in [1.165, 1.54) is 25.4 Å². The Labute approximate surface area is 187 Å². The zero-order valence-corrected chi connectivity index (χ0v) is 18.9. The van der Waals surface area contributed by atoms with Crippen molar-refractivity contribution in [2.24, 2.45) is 0 Å². The highest BCUT2D eigenvalue weighted by Crippen LogP contribution is 2.27. The van der Waals surface area contributed by atoms with Crippen LogP contribution in [0.5, 0.6) is 5.75 Å². The maximum absolute atomic E-state index is 13.2. The van der Waals surface area contributed by atoms with Crippen molar-refractivity contribution in [1.82, 2.24) is 10.5 Å². The summed E-state index contributed by atoms with van der Waals surface area (Å²) in [6.45, 7) is 3.92. The largest absolute Gasteiger partial charge is 0.497 e. The van der Waals surface area contributed by atoms with Crippen molar-refractivity contribution in [1.29, 1.82) is 0 Å². The fourth-order valence-electron chi connectivity index (χ4n) is 3.39. The Hall–Kier alpha value is -3.43. The van der Waals surface area contributed by atoms with Gasteiger partial charge in [-0.3, -0.25) is 10.0 Å². The number of hydrogen-bond donors (Lipinski definition) is 3. The van der Waals surface area contributed by atoms with Gasteiger partial charge in [0.1, 0.15) is 5.75 Å². The Morgan fingerprint density at radius 2 is 1.88 bits per heavy atom. The average molecular weight is 456 g/mol. The van der Waals surface area contributed by atoms with Crippen molar-refractivity contribution in [2.75, 3.05) is 12.4 Å². The van der Waals surface area contributed by atoms with Crippen LogP contribution < -0.4 is 15.5 Å². The summed E-state index contributed by atoms with van der Waals surface area (Å²) in [4.78, 5) is 16.4. The number of carbonyl (C=O) groups is 1. The Bertz CT molecular complexity index is 1220. The molecular weight excluding hydrogens is 430 g/mol. The van der Waals surface area contributed by atoms with Gasteiger partial charge in [0.05, 0.1) is 23.3 Å². The van der Waals surface area contributed by atoms with Crippen LogP contribution in [-0.4, -0.2) is 31.6 Å². The third-order valence-electron chi connectivity index (χ3n) is 5.08. The van der Waals surface area contributed by atoms with E-state index in [1.807, 2.05) is 19.9 Å². The quantitative estimate of drug-likeness (QED) is 0.351. The maximum Gasteiger partial charge on any atom is 0.276 e. The number of methoxy groups -OCH3 is 1. The summed E-state index contributed by atoms with van der Waals surface area (Å²) in [5.41, 5.74) is 4.62. The molecule has 3 N–H and O–H groups in total. The van der Waals surface area contributed by atoms with Gasteiger partial charge in [-0.25, -0.2) is 18.9 Å². The summed E-state index contributed by atoms with van der Waals surface area (Å²) in [5, 5.41) is 12.2. The topological polar surface area (TPSA) is 118 Å². The Kier molecular flexibility index (Phi) is 7.12. The summed E-state index contributed by atoms with van der Waals surface area (Å²) in [7, 11) is -2.37. The smallest absolute Gasteiger partial charge is 0.276 e. The second-order valence-corrected chi connectivity index (χ2v) is 8.99. The molecule has 0 saturated heterocycles. The maximum atomic E-state index is 13.2. The van der Waals surface area contributed by atoms with E-state index in [4.69, 9.17) is 9.94 Å². The number of amides is 1. The monoisotopic (exact) mass is 455 g/mol. The molecule has 32 heavy (non-hydrogen) atoms. The molecule has 1 amide bonds. The molecule has 0 unspecified atom stereocenters. The van der Waals surface area contributed by atoms with Gasteiger partial charge in [-0.05, 0) is 60.9 Å². The number of hydrogen-bond acceptors (Lipinski definition) is 7. The third-order valence-corrected chi connectivity index (χ3v) is 6.85. The fraction of sp³-hybridized carbons (Fsp3) is 0.217. The van der Waals surface area contributed by atoms with Gasteiger partial charge in [0.25, 0.3) is 5.91 Å². The van der Waals surface area contributed by atoms with Crippen LogP contribution in [0.3, 0.4) is 0 Å². The molecule has 0 aliphatic heterocycles. The number of ether oxygens (including phenoxy) is 1. The van der Waals surface area contributed by atoms with E-state index in [9.17, 15) is 13.2 Å². The molecule has 0 aliphatic carbocycles. The molecule has 3 aromatic rings. The SMILES string of the molecule is CCc1cc(C)c(NCc2cccnc2S(=O)(=O)c2ccc(OC)cc2)c(C(=O)NO)c1. The average Bonchev–Trinajstić information content (AvgIpc) is 2.82. The number of rotatable bonds is 8. The van der Waals surface area contributed by atoms with Crippen molar-refractivity contribution in [2.45, 2.75) is 36.7 Å². The van der Waals surface area contributed by atoms with Gasteiger partial charge in [0.15, 0.2) is 5.03 Å². The van der Waals surface area contributed by atoms with Crippen molar-refractivity contribution >= 4 is 21.4 Å². The van der Waals surface area contributed by atoms with Crippen molar-refractivity contribution in [3.8, 4) is 5.75 Å². The van der Waals surface area contributed by atoms with Crippen LogP contribution in [-0.2, 0) is 22.8 Å². The van der Waals surface area contributed by atoms with Gasteiger partial charge in [-0.1, -0.05) is 19.1 Å². The Morgan fingerprint density at radius 1 is 1.16 bits per heavy atom. The van der Waals surface area contributed by atoms with Crippen molar-refractivity contribution in [3.05, 3.63) is 77.0 Å². The highest BCUT2D eigenvalue weighted by atomic mass is 32.2. The molecule has 1 aromatic heterocycles. The van der Waals surface area contributed by atoms with E-state index in [2.05, 4.69) is 10.3 Å². The highest BCUT2D eigenvalue weighted by Gasteiger charge is 2.23. The van der Waals surface area contributed by atoms with Gasteiger partial charge in [-0.2, -0.15) is 0 Å². The summed E-state index contributed by atoms with van der Waals surface area (Å²) in [6, 6.07) is 13.0. The number of hydroxylamine groups is 1. The number of benzene rings is 2. The van der Waals surface area contributed by atoms with E-state index in [0.717, 1.165) is 17.5 Å². The molecule has 2 aromatic carbocycles. The predicted molar refractivity (Wildman–Crippen MR) is 120 cm³/mol.